The summed E-state index contributed by atoms with van der Waals surface area (Å²) < 4.78 is 0. The lowest BCUT2D eigenvalue weighted by atomic mass is 10.2. The van der Waals surface area contributed by atoms with Crippen LogP contribution in [-0.2, 0) is 9.68 Å². The van der Waals surface area contributed by atoms with E-state index in [2.05, 4.69) is 72.6 Å². The summed E-state index contributed by atoms with van der Waals surface area (Å²) in [6.45, 7) is 2.15. The molecule has 0 saturated heterocycles. The number of carbonyl (C=O) groups excluding carboxylic acids is 1. The Kier molecular flexibility index (Phi) is 18.2. The molecule has 3 nitrogen and oxygen atoms in total. The third-order valence-corrected chi connectivity index (χ3v) is 3.21. The minimum Gasteiger partial charge on any atom is -0.301 e. The van der Waals surface area contributed by atoms with Crippen LogP contribution in [0.1, 0.15) is 58.3 Å². The van der Waals surface area contributed by atoms with Crippen molar-refractivity contribution in [1.29, 1.82) is 0 Å². The first-order chi connectivity index (χ1) is 12.3. The lowest BCUT2D eigenvalue weighted by molar-refractivity contribution is -0.234. The van der Waals surface area contributed by atoms with Crippen molar-refractivity contribution in [3.8, 4) is 0 Å². The van der Waals surface area contributed by atoms with Gasteiger partial charge in [0.2, 0.25) is 0 Å². The van der Waals surface area contributed by atoms with Crippen LogP contribution in [-0.4, -0.2) is 11.2 Å². The molecular formula is C22H32O3. The maximum Gasteiger partial charge on any atom is 0.342 e. The summed E-state index contributed by atoms with van der Waals surface area (Å²) in [5.74, 6) is -0.598. The van der Waals surface area contributed by atoms with E-state index in [0.717, 1.165) is 38.5 Å². The molecular weight excluding hydrogens is 312 g/mol. The maximum absolute atomic E-state index is 10.7. The van der Waals surface area contributed by atoms with Gasteiger partial charge in [0.05, 0.1) is 6.42 Å². The summed E-state index contributed by atoms with van der Waals surface area (Å²) >= 11 is 0. The van der Waals surface area contributed by atoms with Crippen LogP contribution in [0.5, 0.6) is 0 Å². The molecule has 0 aromatic carbocycles. The van der Waals surface area contributed by atoms with Crippen LogP contribution < -0.4 is 0 Å². The Morgan fingerprint density at radius 2 is 1.04 bits per heavy atom. The minimum atomic E-state index is -0.598. The van der Waals surface area contributed by atoms with Crippen molar-refractivity contribution >= 4 is 5.97 Å². The first kappa shape index (κ1) is 22.9. The first-order valence-electron chi connectivity index (χ1n) is 9.05. The summed E-state index contributed by atoms with van der Waals surface area (Å²) in [7, 11) is 0. The molecule has 0 rings (SSSR count). The zero-order valence-corrected chi connectivity index (χ0v) is 15.3. The van der Waals surface area contributed by atoms with Gasteiger partial charge in [0.25, 0.3) is 0 Å². The number of carbonyl (C=O) groups is 1. The third kappa shape index (κ3) is 19.8. The molecule has 0 heterocycles. The molecule has 0 fully saturated rings. The topological polar surface area (TPSA) is 46.5 Å². The molecule has 0 saturated carbocycles. The van der Waals surface area contributed by atoms with Gasteiger partial charge in [0.1, 0.15) is 0 Å². The largest absolute Gasteiger partial charge is 0.342 e. The van der Waals surface area contributed by atoms with E-state index in [9.17, 15) is 4.79 Å². The monoisotopic (exact) mass is 344 g/mol. The molecule has 0 aromatic heterocycles. The van der Waals surface area contributed by atoms with Crippen molar-refractivity contribution < 1.29 is 14.9 Å². The Bertz CT molecular complexity index is 480. The first-order valence-corrected chi connectivity index (χ1v) is 9.05. The molecule has 0 aliphatic rings. The fraction of sp³-hybridized carbons (Fsp3) is 0.409. The Morgan fingerprint density at radius 3 is 1.40 bits per heavy atom. The molecule has 3 heteroatoms. The smallest absolute Gasteiger partial charge is 0.301 e. The molecule has 1 N–H and O–H groups in total. The van der Waals surface area contributed by atoms with Crippen molar-refractivity contribution in [3.05, 3.63) is 72.9 Å². The van der Waals surface area contributed by atoms with Gasteiger partial charge in [0.15, 0.2) is 0 Å². The molecule has 0 radical (unpaired) electrons. The fourth-order valence-electron chi connectivity index (χ4n) is 1.89. The van der Waals surface area contributed by atoms with Gasteiger partial charge in [-0.05, 0) is 44.9 Å². The van der Waals surface area contributed by atoms with E-state index in [1.165, 1.54) is 0 Å². The minimum absolute atomic E-state index is 0.207. The molecule has 0 unspecified atom stereocenters. The molecule has 0 bridgehead atoms. The number of hydrogen-bond acceptors (Lipinski definition) is 3. The highest BCUT2D eigenvalue weighted by atomic mass is 17.1. The Labute approximate surface area is 152 Å². The molecule has 25 heavy (non-hydrogen) atoms. The maximum atomic E-state index is 10.7. The summed E-state index contributed by atoms with van der Waals surface area (Å²) in [4.78, 5) is 14.2. The van der Waals surface area contributed by atoms with Crippen molar-refractivity contribution in [2.45, 2.75) is 58.3 Å². The van der Waals surface area contributed by atoms with Crippen molar-refractivity contribution in [3.63, 3.8) is 0 Å². The van der Waals surface area contributed by atoms with E-state index < -0.39 is 5.97 Å². The number of allylic oxidation sites excluding steroid dienone is 12. The van der Waals surface area contributed by atoms with Crippen LogP contribution in [0.4, 0.5) is 0 Å². The van der Waals surface area contributed by atoms with Gasteiger partial charge < -0.3 is 4.89 Å². The van der Waals surface area contributed by atoms with Crippen LogP contribution in [0.3, 0.4) is 0 Å². The van der Waals surface area contributed by atoms with Gasteiger partial charge in [-0.15, -0.1) is 0 Å². The molecule has 0 spiro atoms. The van der Waals surface area contributed by atoms with Crippen LogP contribution >= 0.6 is 0 Å². The van der Waals surface area contributed by atoms with Crippen molar-refractivity contribution in [2.75, 3.05) is 0 Å². The van der Waals surface area contributed by atoms with Crippen LogP contribution in [0.2, 0.25) is 0 Å². The van der Waals surface area contributed by atoms with E-state index in [1.807, 2.05) is 12.2 Å². The molecule has 0 aromatic rings. The second-order valence-electron chi connectivity index (χ2n) is 5.42. The van der Waals surface area contributed by atoms with Gasteiger partial charge in [-0.2, -0.15) is 5.26 Å². The van der Waals surface area contributed by atoms with Gasteiger partial charge >= 0.3 is 5.97 Å². The van der Waals surface area contributed by atoms with Gasteiger partial charge in [-0.1, -0.05) is 79.8 Å². The predicted octanol–water partition coefficient (Wildman–Crippen LogP) is 6.48. The Hall–Kier alpha value is -2.13. The number of rotatable bonds is 14. The van der Waals surface area contributed by atoms with E-state index in [4.69, 9.17) is 5.26 Å². The molecule has 138 valence electrons. The lowest BCUT2D eigenvalue weighted by Crippen LogP contribution is -1.98. The second-order valence-corrected chi connectivity index (χ2v) is 5.42. The van der Waals surface area contributed by atoms with Gasteiger partial charge in [-0.3, -0.25) is 0 Å². The van der Waals surface area contributed by atoms with Crippen LogP contribution in [0, 0.1) is 0 Å². The Balaban J connectivity index is 3.53. The fourth-order valence-corrected chi connectivity index (χ4v) is 1.89. The highest BCUT2D eigenvalue weighted by Gasteiger charge is 1.97. The zero-order chi connectivity index (χ0) is 18.4. The standard InChI is InChI=1S/C22H32O3/c1-2-3-4-5-6-7-8-9-10-11-12-13-14-15-16-17-18-19-20-21-22(23)25-24/h3-4,6-7,9-10,12-13,15-16,18-19,24H,2,5,8,11,14,17,20-21H2,1H3/b4-3+,7-6+,10-9+,13-12+,16-15+,19-18+. The molecule has 0 aliphatic heterocycles. The average molecular weight is 344 g/mol. The number of hydrogen-bond donors (Lipinski definition) is 1. The molecule has 0 aliphatic carbocycles. The summed E-state index contributed by atoms with van der Waals surface area (Å²) in [5.41, 5.74) is 0. The highest BCUT2D eigenvalue weighted by molar-refractivity contribution is 5.68. The third-order valence-electron chi connectivity index (χ3n) is 3.21. The average Bonchev–Trinajstić information content (AvgIpc) is 2.63. The highest BCUT2D eigenvalue weighted by Crippen LogP contribution is 1.98. The van der Waals surface area contributed by atoms with E-state index in [0.29, 0.717) is 6.42 Å². The molecule has 0 amide bonds. The normalized spacial score (nSPS) is 12.9. The summed E-state index contributed by atoms with van der Waals surface area (Å²) in [6.07, 6.45) is 32.3. The van der Waals surface area contributed by atoms with Crippen molar-refractivity contribution in [2.24, 2.45) is 0 Å². The zero-order valence-electron chi connectivity index (χ0n) is 15.3. The van der Waals surface area contributed by atoms with Crippen LogP contribution in [0.25, 0.3) is 0 Å². The summed E-state index contributed by atoms with van der Waals surface area (Å²) in [5, 5.41) is 8.09. The van der Waals surface area contributed by atoms with Gasteiger partial charge in [0, 0.05) is 0 Å². The van der Waals surface area contributed by atoms with E-state index in [1.54, 1.807) is 0 Å². The van der Waals surface area contributed by atoms with E-state index in [-0.39, 0.29) is 6.42 Å². The van der Waals surface area contributed by atoms with Crippen molar-refractivity contribution in [1.82, 2.24) is 0 Å². The van der Waals surface area contributed by atoms with E-state index >= 15 is 0 Å². The lowest BCUT2D eigenvalue weighted by Gasteiger charge is -1.90. The van der Waals surface area contributed by atoms with Crippen LogP contribution in [0.15, 0.2) is 72.9 Å². The second kappa shape index (κ2) is 19.9. The summed E-state index contributed by atoms with van der Waals surface area (Å²) in [6, 6.07) is 0. The predicted molar refractivity (Wildman–Crippen MR) is 106 cm³/mol. The molecule has 0 atom stereocenters. The van der Waals surface area contributed by atoms with Gasteiger partial charge in [-0.25, -0.2) is 4.79 Å². The SMILES string of the molecule is CC/C=C/C/C=C/C/C=C/C/C=C/C/C=C/C/C=C/CCC(=O)OO. The Morgan fingerprint density at radius 1 is 0.680 bits per heavy atom. The quantitative estimate of drug-likeness (QED) is 0.223.